The van der Waals surface area contributed by atoms with E-state index in [-0.39, 0.29) is 29.5 Å². The highest BCUT2D eigenvalue weighted by molar-refractivity contribution is 7.89. The minimum absolute atomic E-state index is 0.00336. The highest BCUT2D eigenvalue weighted by Gasteiger charge is 2.20. The number of ether oxygens (including phenoxy) is 2. The van der Waals surface area contributed by atoms with Crippen molar-refractivity contribution in [1.82, 2.24) is 10.0 Å². The first-order valence-corrected chi connectivity index (χ1v) is 11.2. The molecule has 1 aliphatic rings. The molecule has 0 bridgehead atoms. The van der Waals surface area contributed by atoms with Gasteiger partial charge in [-0.1, -0.05) is 18.2 Å². The van der Waals surface area contributed by atoms with E-state index in [1.807, 2.05) is 18.2 Å². The van der Waals surface area contributed by atoms with E-state index in [1.165, 1.54) is 18.4 Å². The molecule has 0 aliphatic carbocycles. The Kier molecular flexibility index (Phi) is 5.97. The number of furan rings is 1. The highest BCUT2D eigenvalue weighted by atomic mass is 32.2. The molecule has 2 aromatic carbocycles. The van der Waals surface area contributed by atoms with E-state index in [0.717, 1.165) is 5.56 Å². The summed E-state index contributed by atoms with van der Waals surface area (Å²) in [6.07, 6.45) is 1.47. The zero-order valence-corrected chi connectivity index (χ0v) is 17.7. The van der Waals surface area contributed by atoms with E-state index in [2.05, 4.69) is 10.0 Å². The zero-order valence-electron chi connectivity index (χ0n) is 16.9. The monoisotopic (exact) mass is 442 g/mol. The summed E-state index contributed by atoms with van der Waals surface area (Å²) in [6, 6.07) is 13.3. The lowest BCUT2D eigenvalue weighted by Gasteiger charge is -2.21. The van der Waals surface area contributed by atoms with Crippen molar-refractivity contribution in [2.75, 3.05) is 13.2 Å². The number of carbonyl (C=O) groups is 1. The maximum Gasteiger partial charge on any atom is 0.251 e. The van der Waals surface area contributed by atoms with Crippen LogP contribution in [0, 0.1) is 6.92 Å². The highest BCUT2D eigenvalue weighted by Crippen LogP contribution is 2.33. The molecule has 9 heteroatoms. The van der Waals surface area contributed by atoms with Crippen molar-refractivity contribution in [3.05, 3.63) is 77.2 Å². The molecular weight excluding hydrogens is 420 g/mol. The van der Waals surface area contributed by atoms with Crippen LogP contribution in [-0.4, -0.2) is 27.5 Å². The largest absolute Gasteiger partial charge is 0.486 e. The number of fused-ring (bicyclic) bond motifs is 1. The number of hydrogen-bond donors (Lipinski definition) is 2. The molecule has 2 heterocycles. The number of carbonyl (C=O) groups excluding carboxylic acids is 1. The van der Waals surface area contributed by atoms with Gasteiger partial charge < -0.3 is 19.2 Å². The Bertz CT molecular complexity index is 1190. The minimum atomic E-state index is -3.81. The van der Waals surface area contributed by atoms with Crippen molar-refractivity contribution < 1.29 is 27.1 Å². The average molecular weight is 442 g/mol. The molecule has 1 amide bonds. The van der Waals surface area contributed by atoms with Crippen molar-refractivity contribution in [2.24, 2.45) is 0 Å². The van der Waals surface area contributed by atoms with Crippen LogP contribution in [-0.2, 0) is 23.1 Å². The van der Waals surface area contributed by atoms with Gasteiger partial charge in [-0.15, -0.1) is 0 Å². The Balaban J connectivity index is 1.48. The van der Waals surface area contributed by atoms with Crippen LogP contribution in [0.15, 0.2) is 64.1 Å². The molecule has 0 radical (unpaired) electrons. The van der Waals surface area contributed by atoms with Gasteiger partial charge in [0.15, 0.2) is 11.5 Å². The molecule has 2 N–H and O–H groups in total. The Labute approximate surface area is 180 Å². The molecule has 1 aliphatic heterocycles. The summed E-state index contributed by atoms with van der Waals surface area (Å²) in [5, 5.41) is 2.83. The predicted octanol–water partition coefficient (Wildman–Crippen LogP) is 2.77. The summed E-state index contributed by atoms with van der Waals surface area (Å²) in [5.74, 6) is 1.37. The predicted molar refractivity (Wildman–Crippen MR) is 113 cm³/mol. The van der Waals surface area contributed by atoms with Crippen LogP contribution in [0.4, 0.5) is 0 Å². The van der Waals surface area contributed by atoms with Gasteiger partial charge in [0.2, 0.25) is 10.0 Å². The SMILES string of the molecule is Cc1ccc(S(=O)(=O)NCc2ccco2)cc1C(=O)NCc1cccc2c1OCCO2. The molecule has 4 rings (SSSR count). The second-order valence-electron chi connectivity index (χ2n) is 7.00. The van der Waals surface area contributed by atoms with Gasteiger partial charge in [-0.3, -0.25) is 4.79 Å². The number of aryl methyl sites for hydroxylation is 1. The zero-order chi connectivity index (χ0) is 21.8. The Morgan fingerprint density at radius 3 is 2.68 bits per heavy atom. The van der Waals surface area contributed by atoms with Crippen LogP contribution >= 0.6 is 0 Å². The van der Waals surface area contributed by atoms with Crippen LogP contribution in [0.25, 0.3) is 0 Å². The summed E-state index contributed by atoms with van der Waals surface area (Å²) in [6.45, 7) is 2.92. The quantitative estimate of drug-likeness (QED) is 0.583. The third kappa shape index (κ3) is 4.73. The Hall–Kier alpha value is -3.30. The molecule has 0 unspecified atom stereocenters. The Morgan fingerprint density at radius 1 is 1.03 bits per heavy atom. The number of hydrogen-bond acceptors (Lipinski definition) is 6. The molecule has 1 aromatic heterocycles. The maximum atomic E-state index is 12.8. The molecule has 31 heavy (non-hydrogen) atoms. The van der Waals surface area contributed by atoms with Crippen LogP contribution in [0.1, 0.15) is 27.2 Å². The second kappa shape index (κ2) is 8.83. The first-order chi connectivity index (χ1) is 14.9. The van der Waals surface area contributed by atoms with Crippen LogP contribution in [0.2, 0.25) is 0 Å². The van der Waals surface area contributed by atoms with E-state index >= 15 is 0 Å². The van der Waals surface area contributed by atoms with Crippen molar-refractivity contribution >= 4 is 15.9 Å². The molecular formula is C22H22N2O6S. The number of rotatable bonds is 7. The van der Waals surface area contributed by atoms with Gasteiger partial charge in [-0.2, -0.15) is 0 Å². The van der Waals surface area contributed by atoms with E-state index < -0.39 is 10.0 Å². The van der Waals surface area contributed by atoms with Crippen molar-refractivity contribution in [3.63, 3.8) is 0 Å². The summed E-state index contributed by atoms with van der Waals surface area (Å²) in [7, 11) is -3.81. The number of para-hydroxylation sites is 1. The minimum Gasteiger partial charge on any atom is -0.486 e. The third-order valence-corrected chi connectivity index (χ3v) is 6.27. The number of nitrogens with one attached hydrogen (secondary N) is 2. The maximum absolute atomic E-state index is 12.8. The standard InChI is InChI=1S/C22H22N2O6S/c1-15-7-8-18(31(26,27)24-14-17-5-3-9-28-17)12-19(15)22(25)23-13-16-4-2-6-20-21(16)30-11-10-29-20/h2-9,12,24H,10-11,13-14H2,1H3,(H,23,25). The van der Waals surface area contributed by atoms with E-state index in [0.29, 0.717) is 36.0 Å². The van der Waals surface area contributed by atoms with Crippen molar-refractivity contribution in [3.8, 4) is 11.5 Å². The summed E-state index contributed by atoms with van der Waals surface area (Å²) in [4.78, 5) is 12.8. The lowest BCUT2D eigenvalue weighted by molar-refractivity contribution is 0.0949. The summed E-state index contributed by atoms with van der Waals surface area (Å²) >= 11 is 0. The van der Waals surface area contributed by atoms with Gasteiger partial charge in [0.05, 0.1) is 17.7 Å². The first kappa shape index (κ1) is 21.0. The van der Waals surface area contributed by atoms with Gasteiger partial charge in [0.25, 0.3) is 5.91 Å². The fourth-order valence-corrected chi connectivity index (χ4v) is 4.24. The molecule has 162 valence electrons. The van der Waals surface area contributed by atoms with Crippen molar-refractivity contribution in [2.45, 2.75) is 24.9 Å². The summed E-state index contributed by atoms with van der Waals surface area (Å²) < 4.78 is 44.1. The lowest BCUT2D eigenvalue weighted by atomic mass is 10.1. The van der Waals surface area contributed by atoms with Gasteiger partial charge in [0, 0.05) is 17.7 Å². The van der Waals surface area contributed by atoms with Gasteiger partial charge in [-0.05, 0) is 42.8 Å². The molecule has 8 nitrogen and oxygen atoms in total. The molecule has 0 saturated heterocycles. The summed E-state index contributed by atoms with van der Waals surface area (Å²) in [5.41, 5.74) is 1.73. The first-order valence-electron chi connectivity index (χ1n) is 9.72. The second-order valence-corrected chi connectivity index (χ2v) is 8.77. The number of sulfonamides is 1. The van der Waals surface area contributed by atoms with Crippen LogP contribution in [0.5, 0.6) is 11.5 Å². The molecule has 0 saturated carbocycles. The Morgan fingerprint density at radius 2 is 1.87 bits per heavy atom. The van der Waals surface area contributed by atoms with Crippen molar-refractivity contribution in [1.29, 1.82) is 0 Å². The van der Waals surface area contributed by atoms with Gasteiger partial charge in [-0.25, -0.2) is 13.1 Å². The molecule has 3 aromatic rings. The van der Waals surface area contributed by atoms with E-state index in [9.17, 15) is 13.2 Å². The molecule has 0 spiro atoms. The average Bonchev–Trinajstić information content (AvgIpc) is 3.30. The topological polar surface area (TPSA) is 107 Å². The smallest absolute Gasteiger partial charge is 0.251 e. The van der Waals surface area contributed by atoms with E-state index in [1.54, 1.807) is 25.1 Å². The fourth-order valence-electron chi connectivity index (χ4n) is 3.22. The third-order valence-electron chi connectivity index (χ3n) is 4.87. The van der Waals surface area contributed by atoms with Crippen LogP contribution in [0.3, 0.4) is 0 Å². The molecule has 0 fully saturated rings. The number of amides is 1. The normalized spacial score (nSPS) is 13.1. The number of benzene rings is 2. The van der Waals surface area contributed by atoms with Gasteiger partial charge >= 0.3 is 0 Å². The van der Waals surface area contributed by atoms with Crippen LogP contribution < -0.4 is 19.5 Å². The van der Waals surface area contributed by atoms with E-state index in [4.69, 9.17) is 13.9 Å². The fraction of sp³-hybridized carbons (Fsp3) is 0.227. The molecule has 0 atom stereocenters. The lowest BCUT2D eigenvalue weighted by Crippen LogP contribution is -2.26. The van der Waals surface area contributed by atoms with Gasteiger partial charge in [0.1, 0.15) is 19.0 Å².